The first kappa shape index (κ1) is 15.1. The molecule has 0 aromatic carbocycles. The summed E-state index contributed by atoms with van der Waals surface area (Å²) in [6.45, 7) is 4.71. The van der Waals surface area contributed by atoms with Crippen LogP contribution in [-0.2, 0) is 9.53 Å². The van der Waals surface area contributed by atoms with Crippen LogP contribution in [-0.4, -0.2) is 57.5 Å². The number of carboxylic acids is 1. The van der Waals surface area contributed by atoms with Crippen molar-refractivity contribution in [2.24, 2.45) is 0 Å². The minimum absolute atomic E-state index is 0.00781. The molecule has 0 aliphatic carbocycles. The average molecular weight is 274 g/mol. The molecule has 3 N–H and O–H groups in total. The summed E-state index contributed by atoms with van der Waals surface area (Å²) in [6, 6.07) is 0. The van der Waals surface area contributed by atoms with Crippen molar-refractivity contribution >= 4 is 18.2 Å². The fraction of sp³-hybridized carbons (Fsp3) is 0.727. The molecule has 1 saturated heterocycles. The van der Waals surface area contributed by atoms with E-state index in [9.17, 15) is 19.5 Å². The zero-order chi connectivity index (χ0) is 14.8. The first-order chi connectivity index (χ1) is 8.56. The highest BCUT2D eigenvalue weighted by Crippen LogP contribution is 2.22. The van der Waals surface area contributed by atoms with E-state index in [2.05, 4.69) is 5.32 Å². The summed E-state index contributed by atoms with van der Waals surface area (Å²) >= 11 is 0. The molecule has 1 fully saturated rings. The third-order valence-electron chi connectivity index (χ3n) is 2.69. The predicted molar refractivity (Wildman–Crippen MR) is 64.0 cm³/mol. The SMILES string of the molecule is CC(C)(C)OC(=O)NC1(C(=O)O)CCN(C(=O)O)C1. The molecule has 19 heavy (non-hydrogen) atoms. The Bertz CT molecular complexity index is 402. The number of rotatable bonds is 2. The van der Waals surface area contributed by atoms with Gasteiger partial charge in [0.05, 0.1) is 6.54 Å². The Labute approximate surface area is 110 Å². The number of alkyl carbamates (subject to hydrolysis) is 1. The van der Waals surface area contributed by atoms with Gasteiger partial charge >= 0.3 is 18.2 Å². The molecule has 0 saturated carbocycles. The largest absolute Gasteiger partial charge is 0.479 e. The number of hydrogen-bond donors (Lipinski definition) is 3. The van der Waals surface area contributed by atoms with Crippen LogP contribution in [0.1, 0.15) is 27.2 Å². The summed E-state index contributed by atoms with van der Waals surface area (Å²) in [4.78, 5) is 34.7. The molecule has 0 aromatic rings. The first-order valence-electron chi connectivity index (χ1n) is 5.78. The van der Waals surface area contributed by atoms with Crippen LogP contribution in [0, 0.1) is 0 Å². The van der Waals surface area contributed by atoms with Crippen LogP contribution in [0.4, 0.5) is 9.59 Å². The lowest BCUT2D eigenvalue weighted by Gasteiger charge is -2.27. The molecule has 1 aliphatic rings. The Balaban J connectivity index is 2.78. The summed E-state index contributed by atoms with van der Waals surface area (Å²) in [6.07, 6.45) is -2.08. The predicted octanol–water partition coefficient (Wildman–Crippen LogP) is 0.718. The van der Waals surface area contributed by atoms with E-state index in [0.717, 1.165) is 4.90 Å². The van der Waals surface area contributed by atoms with Gasteiger partial charge in [0.2, 0.25) is 0 Å². The number of carbonyl (C=O) groups excluding carboxylic acids is 1. The molecule has 1 atom stereocenters. The summed E-state index contributed by atoms with van der Waals surface area (Å²) in [5.74, 6) is -1.28. The van der Waals surface area contributed by atoms with E-state index in [-0.39, 0.29) is 19.5 Å². The van der Waals surface area contributed by atoms with Gasteiger partial charge in [-0.15, -0.1) is 0 Å². The molecule has 1 unspecified atom stereocenters. The van der Waals surface area contributed by atoms with Gasteiger partial charge in [0.15, 0.2) is 5.54 Å². The quantitative estimate of drug-likeness (QED) is 0.683. The van der Waals surface area contributed by atoms with E-state index in [0.29, 0.717) is 0 Å². The molecule has 0 radical (unpaired) electrons. The van der Waals surface area contributed by atoms with Crippen LogP contribution in [0.25, 0.3) is 0 Å². The molecular weight excluding hydrogens is 256 g/mol. The van der Waals surface area contributed by atoms with Crippen molar-refractivity contribution in [2.75, 3.05) is 13.1 Å². The van der Waals surface area contributed by atoms with Gasteiger partial charge in [-0.1, -0.05) is 0 Å². The van der Waals surface area contributed by atoms with Crippen LogP contribution in [0.15, 0.2) is 0 Å². The van der Waals surface area contributed by atoms with Gasteiger partial charge in [-0.3, -0.25) is 0 Å². The number of carbonyl (C=O) groups is 3. The van der Waals surface area contributed by atoms with Crippen LogP contribution in [0.2, 0.25) is 0 Å². The van der Waals surface area contributed by atoms with Gasteiger partial charge < -0.3 is 25.2 Å². The monoisotopic (exact) mass is 274 g/mol. The third-order valence-corrected chi connectivity index (χ3v) is 2.69. The minimum Gasteiger partial charge on any atom is -0.479 e. The number of nitrogens with one attached hydrogen (secondary N) is 1. The molecule has 1 rings (SSSR count). The number of hydrogen-bond acceptors (Lipinski definition) is 4. The molecule has 1 heterocycles. The lowest BCUT2D eigenvalue weighted by atomic mass is 9.99. The second kappa shape index (κ2) is 4.94. The fourth-order valence-electron chi connectivity index (χ4n) is 1.80. The molecule has 1 aliphatic heterocycles. The van der Waals surface area contributed by atoms with Gasteiger partial charge in [0.25, 0.3) is 0 Å². The molecule has 0 bridgehead atoms. The third kappa shape index (κ3) is 3.73. The maximum atomic E-state index is 11.6. The van der Waals surface area contributed by atoms with Crippen molar-refractivity contribution in [3.63, 3.8) is 0 Å². The van der Waals surface area contributed by atoms with Crippen molar-refractivity contribution in [1.29, 1.82) is 0 Å². The van der Waals surface area contributed by atoms with Crippen molar-refractivity contribution in [3.8, 4) is 0 Å². The molecule has 108 valence electrons. The van der Waals surface area contributed by atoms with E-state index < -0.39 is 29.3 Å². The Morgan fingerprint density at radius 2 is 1.84 bits per heavy atom. The zero-order valence-corrected chi connectivity index (χ0v) is 11.1. The minimum atomic E-state index is -1.62. The van der Waals surface area contributed by atoms with E-state index in [4.69, 9.17) is 9.84 Å². The molecule has 0 spiro atoms. The Morgan fingerprint density at radius 3 is 2.21 bits per heavy atom. The van der Waals surface area contributed by atoms with Crippen LogP contribution >= 0.6 is 0 Å². The Kier molecular flexibility index (Phi) is 3.92. The van der Waals surface area contributed by atoms with Crippen LogP contribution < -0.4 is 5.32 Å². The fourth-order valence-corrected chi connectivity index (χ4v) is 1.80. The number of carboxylic acid groups (broad SMARTS) is 2. The normalized spacial score (nSPS) is 23.0. The van der Waals surface area contributed by atoms with Gasteiger partial charge in [0, 0.05) is 13.0 Å². The van der Waals surface area contributed by atoms with Crippen LogP contribution in [0.3, 0.4) is 0 Å². The van der Waals surface area contributed by atoms with E-state index >= 15 is 0 Å². The maximum absolute atomic E-state index is 11.6. The maximum Gasteiger partial charge on any atom is 0.408 e. The van der Waals surface area contributed by atoms with E-state index in [1.165, 1.54) is 0 Å². The topological polar surface area (TPSA) is 116 Å². The Hall–Kier alpha value is -1.99. The number of amides is 2. The van der Waals surface area contributed by atoms with Crippen molar-refractivity contribution < 1.29 is 29.3 Å². The molecule has 8 nitrogen and oxygen atoms in total. The summed E-state index contributed by atoms with van der Waals surface area (Å²) < 4.78 is 4.99. The van der Waals surface area contributed by atoms with Crippen LogP contribution in [0.5, 0.6) is 0 Å². The second-order valence-electron chi connectivity index (χ2n) is 5.47. The number of likely N-dealkylation sites (tertiary alicyclic amines) is 1. The summed E-state index contributed by atoms with van der Waals surface area (Å²) in [5.41, 5.74) is -2.38. The molecular formula is C11H18N2O6. The molecule has 0 aromatic heterocycles. The molecule has 2 amide bonds. The number of ether oxygens (including phenoxy) is 1. The Morgan fingerprint density at radius 1 is 1.26 bits per heavy atom. The van der Waals surface area contributed by atoms with Crippen molar-refractivity contribution in [3.05, 3.63) is 0 Å². The molecule has 8 heteroatoms. The number of nitrogens with zero attached hydrogens (tertiary/aromatic N) is 1. The van der Waals surface area contributed by atoms with E-state index in [1.54, 1.807) is 20.8 Å². The van der Waals surface area contributed by atoms with Gasteiger partial charge in [-0.05, 0) is 20.8 Å². The zero-order valence-electron chi connectivity index (χ0n) is 11.1. The average Bonchev–Trinajstić information content (AvgIpc) is 2.60. The lowest BCUT2D eigenvalue weighted by molar-refractivity contribution is -0.144. The van der Waals surface area contributed by atoms with Gasteiger partial charge in [-0.2, -0.15) is 0 Å². The smallest absolute Gasteiger partial charge is 0.408 e. The van der Waals surface area contributed by atoms with Gasteiger partial charge in [0.1, 0.15) is 5.60 Å². The highest BCUT2D eigenvalue weighted by atomic mass is 16.6. The van der Waals surface area contributed by atoms with Gasteiger partial charge in [-0.25, -0.2) is 14.4 Å². The number of aliphatic carboxylic acids is 1. The van der Waals surface area contributed by atoms with Crippen molar-refractivity contribution in [1.82, 2.24) is 10.2 Å². The summed E-state index contributed by atoms with van der Waals surface area (Å²) in [7, 11) is 0. The highest BCUT2D eigenvalue weighted by Gasteiger charge is 2.48. The lowest BCUT2D eigenvalue weighted by Crippen LogP contribution is -2.57. The van der Waals surface area contributed by atoms with E-state index in [1.807, 2.05) is 0 Å². The van der Waals surface area contributed by atoms with Crippen molar-refractivity contribution in [2.45, 2.75) is 38.3 Å². The highest BCUT2D eigenvalue weighted by molar-refractivity contribution is 5.86. The second-order valence-corrected chi connectivity index (χ2v) is 5.47. The first-order valence-corrected chi connectivity index (χ1v) is 5.78. The standard InChI is InChI=1S/C11H18N2O6/c1-10(2,3)19-8(16)12-11(7(14)15)4-5-13(6-11)9(17)18/h4-6H2,1-3H3,(H,12,16)(H,14,15)(H,17,18). The summed E-state index contributed by atoms with van der Waals surface area (Å²) in [5, 5.41) is 20.3.